The maximum Gasteiger partial charge on any atom is 0.326 e. The lowest BCUT2D eigenvalue weighted by Gasteiger charge is -2.14. The molecule has 2 rings (SSSR count). The fourth-order valence-electron chi connectivity index (χ4n) is 2.07. The summed E-state index contributed by atoms with van der Waals surface area (Å²) in [5.41, 5.74) is 1.17. The summed E-state index contributed by atoms with van der Waals surface area (Å²) in [7, 11) is 0. The number of carboxylic acid groups (broad SMARTS) is 1. The fourth-order valence-corrected chi connectivity index (χ4v) is 2.07. The van der Waals surface area contributed by atoms with Gasteiger partial charge in [0, 0.05) is 11.6 Å². The van der Waals surface area contributed by atoms with E-state index in [2.05, 4.69) is 11.4 Å². The average Bonchev–Trinajstić information content (AvgIpc) is 2.46. The lowest BCUT2D eigenvalue weighted by molar-refractivity contribution is -0.139. The Balaban J connectivity index is 0.000000845. The molecule has 0 aromatic carbocycles. The second kappa shape index (κ2) is 4.01. The Labute approximate surface area is 83.6 Å². The molecule has 2 aliphatic rings. The Morgan fingerprint density at radius 1 is 1.62 bits per heavy atom. The number of hydrogen-bond acceptors (Lipinski definition) is 2. The maximum atomic E-state index is 10.7. The molecule has 1 aliphatic carbocycles. The van der Waals surface area contributed by atoms with Crippen LogP contribution in [0.15, 0.2) is 11.8 Å². The van der Waals surface area contributed by atoms with E-state index in [0.717, 1.165) is 19.3 Å². The number of hydrogen-bond donors (Lipinski definition) is 2. The second-order valence-electron chi connectivity index (χ2n) is 3.56. The molecule has 0 aromatic heterocycles. The highest BCUT2D eigenvalue weighted by Gasteiger charge is 2.33. The van der Waals surface area contributed by atoms with Crippen LogP contribution in [0.5, 0.6) is 0 Å². The van der Waals surface area contributed by atoms with E-state index in [9.17, 15) is 4.79 Å². The predicted octanol–water partition coefficient (Wildman–Crippen LogP) is 1.54. The van der Waals surface area contributed by atoms with E-state index in [4.69, 9.17) is 5.11 Å². The highest BCUT2D eigenvalue weighted by molar-refractivity contribution is 5.85. The van der Waals surface area contributed by atoms with Crippen LogP contribution in [0, 0.1) is 5.92 Å². The molecule has 1 aliphatic heterocycles. The van der Waals surface area contributed by atoms with Crippen molar-refractivity contribution >= 4 is 18.4 Å². The Morgan fingerprint density at radius 3 is 3.00 bits per heavy atom. The van der Waals surface area contributed by atoms with Gasteiger partial charge in [0.1, 0.15) is 6.04 Å². The largest absolute Gasteiger partial charge is 0.480 e. The average molecular weight is 204 g/mol. The minimum Gasteiger partial charge on any atom is -0.480 e. The molecule has 2 unspecified atom stereocenters. The Hall–Kier alpha value is -0.700. The van der Waals surface area contributed by atoms with Crippen LogP contribution in [-0.4, -0.2) is 17.1 Å². The molecule has 0 spiro atoms. The van der Waals surface area contributed by atoms with Crippen LogP contribution in [0.3, 0.4) is 0 Å². The van der Waals surface area contributed by atoms with E-state index < -0.39 is 5.97 Å². The first-order chi connectivity index (χ1) is 5.77. The van der Waals surface area contributed by atoms with Gasteiger partial charge in [-0.3, -0.25) is 0 Å². The van der Waals surface area contributed by atoms with Gasteiger partial charge in [-0.15, -0.1) is 12.4 Å². The first kappa shape index (κ1) is 10.4. The van der Waals surface area contributed by atoms with Crippen LogP contribution in [0.25, 0.3) is 0 Å². The first-order valence-electron chi connectivity index (χ1n) is 4.47. The van der Waals surface area contributed by atoms with E-state index in [1.807, 2.05) is 0 Å². The first-order valence-corrected chi connectivity index (χ1v) is 4.47. The topological polar surface area (TPSA) is 49.3 Å². The van der Waals surface area contributed by atoms with Crippen LogP contribution >= 0.6 is 12.4 Å². The third-order valence-electron chi connectivity index (χ3n) is 2.72. The summed E-state index contributed by atoms with van der Waals surface area (Å²) in [6.07, 6.45) is 6.40. The highest BCUT2D eigenvalue weighted by atomic mass is 35.5. The third kappa shape index (κ3) is 1.97. The molecule has 74 valence electrons. The van der Waals surface area contributed by atoms with Gasteiger partial charge in [-0.25, -0.2) is 4.79 Å². The summed E-state index contributed by atoms with van der Waals surface area (Å²) < 4.78 is 0. The number of nitrogens with one attached hydrogen (secondary N) is 1. The zero-order chi connectivity index (χ0) is 8.55. The smallest absolute Gasteiger partial charge is 0.326 e. The zero-order valence-corrected chi connectivity index (χ0v) is 8.14. The number of allylic oxidation sites excluding steroid dienone is 2. The van der Waals surface area contributed by atoms with Crippen LogP contribution in [0.4, 0.5) is 0 Å². The van der Waals surface area contributed by atoms with Crippen molar-refractivity contribution in [2.75, 3.05) is 0 Å². The standard InChI is InChI=1S/C9H13NO2.ClH/c11-9(12)8-5-6-3-1-2-4-7(6)10-8;/h4,6,8,10H,1-3,5H2,(H,11,12);1H. The molecule has 0 bridgehead atoms. The molecule has 1 saturated heterocycles. The minimum atomic E-state index is -0.717. The Bertz CT molecular complexity index is 240. The number of carboxylic acids is 1. The van der Waals surface area contributed by atoms with Gasteiger partial charge in [0.15, 0.2) is 0 Å². The van der Waals surface area contributed by atoms with Crippen molar-refractivity contribution in [2.45, 2.75) is 31.7 Å². The minimum absolute atomic E-state index is 0. The van der Waals surface area contributed by atoms with Gasteiger partial charge in [0.25, 0.3) is 0 Å². The maximum absolute atomic E-state index is 10.7. The van der Waals surface area contributed by atoms with Gasteiger partial charge in [0.05, 0.1) is 0 Å². The molecule has 13 heavy (non-hydrogen) atoms. The van der Waals surface area contributed by atoms with Crippen molar-refractivity contribution in [2.24, 2.45) is 5.92 Å². The van der Waals surface area contributed by atoms with E-state index in [-0.39, 0.29) is 18.4 Å². The quantitative estimate of drug-likeness (QED) is 0.680. The van der Waals surface area contributed by atoms with E-state index in [1.54, 1.807) is 0 Å². The van der Waals surface area contributed by atoms with E-state index >= 15 is 0 Å². The normalized spacial score (nSPS) is 30.9. The van der Waals surface area contributed by atoms with Crippen LogP contribution in [0.1, 0.15) is 25.7 Å². The summed E-state index contributed by atoms with van der Waals surface area (Å²) in [4.78, 5) is 10.7. The number of rotatable bonds is 1. The molecule has 0 amide bonds. The molecule has 0 saturated carbocycles. The van der Waals surface area contributed by atoms with Crippen molar-refractivity contribution in [3.63, 3.8) is 0 Å². The molecule has 3 nitrogen and oxygen atoms in total. The van der Waals surface area contributed by atoms with Gasteiger partial charge in [-0.05, 0) is 25.7 Å². The number of carbonyl (C=O) groups is 1. The number of halogens is 1. The summed E-state index contributed by atoms with van der Waals surface area (Å²) in [5, 5.41) is 11.8. The summed E-state index contributed by atoms with van der Waals surface area (Å²) in [5.74, 6) is -0.217. The highest BCUT2D eigenvalue weighted by Crippen LogP contribution is 2.32. The molecule has 1 heterocycles. The van der Waals surface area contributed by atoms with Crippen LogP contribution in [-0.2, 0) is 4.79 Å². The van der Waals surface area contributed by atoms with Gasteiger partial charge < -0.3 is 10.4 Å². The van der Waals surface area contributed by atoms with E-state index in [1.165, 1.54) is 12.1 Å². The monoisotopic (exact) mass is 203 g/mol. The SMILES string of the molecule is Cl.O=C(O)C1CC2CCCC=C2N1. The lowest BCUT2D eigenvalue weighted by Crippen LogP contribution is -2.29. The Kier molecular flexibility index (Phi) is 3.20. The van der Waals surface area contributed by atoms with Crippen LogP contribution in [0.2, 0.25) is 0 Å². The van der Waals surface area contributed by atoms with Crippen molar-refractivity contribution in [1.29, 1.82) is 0 Å². The fraction of sp³-hybridized carbons (Fsp3) is 0.667. The molecular weight excluding hydrogens is 190 g/mol. The van der Waals surface area contributed by atoms with Crippen molar-refractivity contribution in [3.8, 4) is 0 Å². The molecule has 1 fully saturated rings. The van der Waals surface area contributed by atoms with Crippen molar-refractivity contribution < 1.29 is 9.90 Å². The lowest BCUT2D eigenvalue weighted by atomic mass is 9.92. The van der Waals surface area contributed by atoms with Gasteiger partial charge in [-0.1, -0.05) is 6.08 Å². The third-order valence-corrected chi connectivity index (χ3v) is 2.72. The molecule has 0 aromatic rings. The van der Waals surface area contributed by atoms with Gasteiger partial charge in [0.2, 0.25) is 0 Å². The number of aliphatic carboxylic acids is 1. The van der Waals surface area contributed by atoms with Crippen molar-refractivity contribution in [1.82, 2.24) is 5.32 Å². The summed E-state index contributed by atoms with van der Waals surface area (Å²) in [6, 6.07) is -0.334. The molecule has 2 atom stereocenters. The Morgan fingerprint density at radius 2 is 2.38 bits per heavy atom. The second-order valence-corrected chi connectivity index (χ2v) is 3.56. The number of fused-ring (bicyclic) bond motifs is 1. The van der Waals surface area contributed by atoms with Gasteiger partial charge in [-0.2, -0.15) is 0 Å². The van der Waals surface area contributed by atoms with Crippen LogP contribution < -0.4 is 5.32 Å². The molecule has 4 heteroatoms. The van der Waals surface area contributed by atoms with E-state index in [0.29, 0.717) is 5.92 Å². The van der Waals surface area contributed by atoms with Crippen molar-refractivity contribution in [3.05, 3.63) is 11.8 Å². The summed E-state index contributed by atoms with van der Waals surface area (Å²) in [6.45, 7) is 0. The summed E-state index contributed by atoms with van der Waals surface area (Å²) >= 11 is 0. The molecule has 0 radical (unpaired) electrons. The predicted molar refractivity (Wildman–Crippen MR) is 51.8 cm³/mol. The zero-order valence-electron chi connectivity index (χ0n) is 7.32. The van der Waals surface area contributed by atoms with Gasteiger partial charge >= 0.3 is 5.97 Å². The molecular formula is C9H14ClNO2. The molecule has 2 N–H and O–H groups in total.